The summed E-state index contributed by atoms with van der Waals surface area (Å²) in [5.41, 5.74) is 6.60. The van der Waals surface area contributed by atoms with E-state index in [0.717, 1.165) is 45.6 Å². The molecule has 0 bridgehead atoms. The molecule has 130 valence electrons. The Morgan fingerprint density at radius 3 is 2.63 bits per heavy atom. The highest BCUT2D eigenvalue weighted by Crippen LogP contribution is 2.26. The highest BCUT2D eigenvalue weighted by atomic mass is 16.1. The molecule has 0 atom stereocenters. The van der Waals surface area contributed by atoms with Crippen LogP contribution in [-0.4, -0.2) is 26.8 Å². The van der Waals surface area contributed by atoms with Crippen LogP contribution >= 0.6 is 0 Å². The zero-order valence-electron chi connectivity index (χ0n) is 14.2. The van der Waals surface area contributed by atoms with Crippen molar-refractivity contribution < 1.29 is 9.59 Å². The van der Waals surface area contributed by atoms with E-state index in [4.69, 9.17) is 5.10 Å². The van der Waals surface area contributed by atoms with Crippen LogP contribution in [0.15, 0.2) is 60.8 Å². The quantitative estimate of drug-likeness (QED) is 0.574. The molecule has 1 aliphatic rings. The number of aromatic nitrogens is 3. The molecule has 3 heterocycles. The summed E-state index contributed by atoms with van der Waals surface area (Å²) >= 11 is 0. The van der Waals surface area contributed by atoms with Gasteiger partial charge in [0.05, 0.1) is 17.6 Å². The molecule has 1 N–H and O–H groups in total. The van der Waals surface area contributed by atoms with Gasteiger partial charge in [0, 0.05) is 28.8 Å². The summed E-state index contributed by atoms with van der Waals surface area (Å²) in [6.07, 6.45) is 2.61. The molecule has 0 unspecified atom stereocenters. The number of hydrogen-bond donors (Lipinski definition) is 1. The second-order valence-corrected chi connectivity index (χ2v) is 6.43. The predicted octanol–water partition coefficient (Wildman–Crippen LogP) is 3.12. The van der Waals surface area contributed by atoms with Gasteiger partial charge in [-0.2, -0.15) is 5.10 Å². The number of carbonyl (C=O) groups excluding carboxylic acids is 2. The first-order chi connectivity index (χ1) is 13.2. The average Bonchev–Trinajstić information content (AvgIpc) is 3.31. The van der Waals surface area contributed by atoms with Crippen LogP contribution in [-0.2, 0) is 6.54 Å². The first-order valence-corrected chi connectivity index (χ1v) is 8.55. The standard InChI is InChI=1S/C21H14N4O2/c26-12-13-1-3-14(4-2-13)18-7-8-20-22-11-19(25(20)24-18)15-5-6-17-16(9-15)10-23-21(17)27/h1-9,11-12H,10H2,(H,23,27). The smallest absolute Gasteiger partial charge is 0.251 e. The number of carbonyl (C=O) groups is 2. The number of amides is 1. The molecule has 0 aliphatic carbocycles. The Morgan fingerprint density at radius 2 is 1.81 bits per heavy atom. The van der Waals surface area contributed by atoms with Crippen molar-refractivity contribution in [2.75, 3.05) is 0 Å². The van der Waals surface area contributed by atoms with Crippen molar-refractivity contribution in [2.24, 2.45) is 0 Å². The first-order valence-electron chi connectivity index (χ1n) is 8.55. The largest absolute Gasteiger partial charge is 0.348 e. The fourth-order valence-electron chi connectivity index (χ4n) is 3.35. The molecule has 0 saturated heterocycles. The number of rotatable bonds is 3. The van der Waals surface area contributed by atoms with Crippen molar-refractivity contribution >= 4 is 17.8 Å². The van der Waals surface area contributed by atoms with Crippen molar-refractivity contribution in [1.82, 2.24) is 19.9 Å². The molecule has 0 radical (unpaired) electrons. The molecule has 2 aromatic heterocycles. The molecule has 0 spiro atoms. The lowest BCUT2D eigenvalue weighted by Gasteiger charge is -2.06. The van der Waals surface area contributed by atoms with Gasteiger partial charge in [0.15, 0.2) is 5.65 Å². The molecule has 0 fully saturated rings. The third kappa shape index (κ3) is 2.50. The van der Waals surface area contributed by atoms with E-state index in [1.807, 2.05) is 42.5 Å². The van der Waals surface area contributed by atoms with E-state index in [2.05, 4.69) is 10.3 Å². The van der Waals surface area contributed by atoms with E-state index in [0.29, 0.717) is 12.1 Å². The van der Waals surface area contributed by atoms with Gasteiger partial charge in [-0.05, 0) is 29.8 Å². The average molecular weight is 354 g/mol. The van der Waals surface area contributed by atoms with Crippen LogP contribution in [0.25, 0.3) is 28.2 Å². The molecular weight excluding hydrogens is 340 g/mol. The highest BCUT2D eigenvalue weighted by molar-refractivity contribution is 5.98. The van der Waals surface area contributed by atoms with Crippen LogP contribution < -0.4 is 5.32 Å². The van der Waals surface area contributed by atoms with Crippen LogP contribution in [0.2, 0.25) is 0 Å². The maximum absolute atomic E-state index is 11.8. The summed E-state index contributed by atoms with van der Waals surface area (Å²) in [6.45, 7) is 0.542. The van der Waals surface area contributed by atoms with Crippen LogP contribution in [0.3, 0.4) is 0 Å². The number of hydrogen-bond acceptors (Lipinski definition) is 4. The molecule has 0 saturated carbocycles. The zero-order valence-corrected chi connectivity index (χ0v) is 14.2. The summed E-state index contributed by atoms with van der Waals surface area (Å²) in [5, 5.41) is 7.56. The molecule has 6 heteroatoms. The molecule has 27 heavy (non-hydrogen) atoms. The van der Waals surface area contributed by atoms with Crippen LogP contribution in [0.4, 0.5) is 0 Å². The van der Waals surface area contributed by atoms with Crippen LogP contribution in [0.1, 0.15) is 26.3 Å². The molecule has 1 aliphatic heterocycles. The number of benzene rings is 2. The third-order valence-electron chi connectivity index (χ3n) is 4.79. The van der Waals surface area contributed by atoms with Gasteiger partial charge in [0.2, 0.25) is 0 Å². The van der Waals surface area contributed by atoms with E-state index >= 15 is 0 Å². The van der Waals surface area contributed by atoms with Gasteiger partial charge in [0.25, 0.3) is 5.91 Å². The highest BCUT2D eigenvalue weighted by Gasteiger charge is 2.19. The summed E-state index contributed by atoms with van der Waals surface area (Å²) in [4.78, 5) is 27.0. The number of imidazole rings is 1. The van der Waals surface area contributed by atoms with Gasteiger partial charge in [-0.3, -0.25) is 9.59 Å². The topological polar surface area (TPSA) is 76.4 Å². The summed E-state index contributed by atoms with van der Waals surface area (Å²) in [6, 6.07) is 16.9. The number of fused-ring (bicyclic) bond motifs is 2. The molecule has 2 aromatic carbocycles. The van der Waals surface area contributed by atoms with Gasteiger partial charge in [0.1, 0.15) is 6.29 Å². The van der Waals surface area contributed by atoms with E-state index in [9.17, 15) is 9.59 Å². The Balaban J connectivity index is 1.61. The van der Waals surface area contributed by atoms with Crippen molar-refractivity contribution in [3.05, 3.63) is 77.5 Å². The Hall–Kier alpha value is -3.80. The number of nitrogens with zero attached hydrogens (tertiary/aromatic N) is 3. The molecule has 6 nitrogen and oxygen atoms in total. The van der Waals surface area contributed by atoms with Crippen molar-refractivity contribution in [1.29, 1.82) is 0 Å². The van der Waals surface area contributed by atoms with E-state index in [-0.39, 0.29) is 5.91 Å². The van der Waals surface area contributed by atoms with E-state index in [1.165, 1.54) is 0 Å². The summed E-state index contributed by atoms with van der Waals surface area (Å²) in [7, 11) is 0. The third-order valence-corrected chi connectivity index (χ3v) is 4.79. The van der Waals surface area contributed by atoms with Gasteiger partial charge < -0.3 is 5.32 Å². The zero-order chi connectivity index (χ0) is 18.4. The molecular formula is C21H14N4O2. The Labute approximate surface area is 154 Å². The van der Waals surface area contributed by atoms with Gasteiger partial charge in [-0.15, -0.1) is 0 Å². The Kier molecular flexibility index (Phi) is 3.36. The fourth-order valence-corrected chi connectivity index (χ4v) is 3.35. The molecule has 5 rings (SSSR count). The molecule has 1 amide bonds. The van der Waals surface area contributed by atoms with Gasteiger partial charge in [-0.25, -0.2) is 9.50 Å². The first kappa shape index (κ1) is 15.5. The Morgan fingerprint density at radius 1 is 1.00 bits per heavy atom. The predicted molar refractivity (Wildman–Crippen MR) is 100 cm³/mol. The van der Waals surface area contributed by atoms with Crippen molar-refractivity contribution in [2.45, 2.75) is 6.54 Å². The van der Waals surface area contributed by atoms with Gasteiger partial charge in [-0.1, -0.05) is 30.3 Å². The van der Waals surface area contributed by atoms with Crippen molar-refractivity contribution in [3.63, 3.8) is 0 Å². The lowest BCUT2D eigenvalue weighted by molar-refractivity contribution is 0.0965. The second kappa shape index (κ2) is 5.88. The minimum Gasteiger partial charge on any atom is -0.348 e. The Bertz CT molecular complexity index is 1210. The maximum Gasteiger partial charge on any atom is 0.251 e. The molecule has 4 aromatic rings. The normalized spacial score (nSPS) is 12.8. The van der Waals surface area contributed by atoms with Gasteiger partial charge >= 0.3 is 0 Å². The van der Waals surface area contributed by atoms with E-state index in [1.54, 1.807) is 22.8 Å². The van der Waals surface area contributed by atoms with E-state index < -0.39 is 0 Å². The lowest BCUT2D eigenvalue weighted by Crippen LogP contribution is -2.12. The number of nitrogens with one attached hydrogen (secondary N) is 1. The van der Waals surface area contributed by atoms with Crippen LogP contribution in [0.5, 0.6) is 0 Å². The summed E-state index contributed by atoms with van der Waals surface area (Å²) < 4.78 is 1.80. The minimum atomic E-state index is -0.0334. The van der Waals surface area contributed by atoms with Crippen molar-refractivity contribution in [3.8, 4) is 22.5 Å². The maximum atomic E-state index is 11.8. The minimum absolute atomic E-state index is 0.0334. The SMILES string of the molecule is O=Cc1ccc(-c2ccc3ncc(-c4ccc5c(c4)CNC5=O)n3n2)cc1. The lowest BCUT2D eigenvalue weighted by atomic mass is 10.0. The summed E-state index contributed by atoms with van der Waals surface area (Å²) in [5.74, 6) is -0.0334. The number of aldehydes is 1. The fraction of sp³-hybridized carbons (Fsp3) is 0.0476. The van der Waals surface area contributed by atoms with Crippen LogP contribution in [0, 0.1) is 0 Å². The second-order valence-electron chi connectivity index (χ2n) is 6.43. The monoisotopic (exact) mass is 354 g/mol.